The fraction of sp³-hybridized carbons (Fsp3) is 0.100. The zero-order chi connectivity index (χ0) is 24.2. The molecule has 4 nitrogen and oxygen atoms in total. The second kappa shape index (κ2) is 10.2. The van der Waals surface area contributed by atoms with E-state index in [1.165, 1.54) is 6.26 Å². The second-order valence-electron chi connectivity index (χ2n) is 8.54. The van der Waals surface area contributed by atoms with Gasteiger partial charge >= 0.3 is 0 Å². The standard InChI is InChI=1S/C30H24ClNO3/c31-24-13-11-23(12-14-24)27-20-35-30-25(29(27)34)15-16-28(33)26(30)19-32(17-21-7-3-1-4-8-21)18-22-9-5-2-6-10-22/h1-16,20,33H,17-19H2. The van der Waals surface area contributed by atoms with E-state index in [0.29, 0.717) is 46.8 Å². The lowest BCUT2D eigenvalue weighted by atomic mass is 10.0. The van der Waals surface area contributed by atoms with Crippen LogP contribution in [0.5, 0.6) is 5.75 Å². The highest BCUT2D eigenvalue weighted by atomic mass is 35.5. The first-order valence-electron chi connectivity index (χ1n) is 11.4. The van der Waals surface area contributed by atoms with Gasteiger partial charge in [-0.25, -0.2) is 0 Å². The van der Waals surface area contributed by atoms with Gasteiger partial charge in [0, 0.05) is 24.7 Å². The summed E-state index contributed by atoms with van der Waals surface area (Å²) in [7, 11) is 0. The minimum Gasteiger partial charge on any atom is -0.507 e. The van der Waals surface area contributed by atoms with Crippen LogP contribution >= 0.6 is 11.6 Å². The normalized spacial score (nSPS) is 11.3. The summed E-state index contributed by atoms with van der Waals surface area (Å²) in [4.78, 5) is 15.6. The lowest BCUT2D eigenvalue weighted by Crippen LogP contribution is -2.23. The highest BCUT2D eigenvalue weighted by Gasteiger charge is 2.18. The van der Waals surface area contributed by atoms with Gasteiger partial charge in [-0.05, 0) is 41.0 Å². The molecule has 4 aromatic carbocycles. The Bertz CT molecular complexity index is 1460. The predicted octanol–water partition coefficient (Wildman–Crippen LogP) is 7.02. The summed E-state index contributed by atoms with van der Waals surface area (Å²) in [5.41, 5.74) is 4.36. The number of fused-ring (bicyclic) bond motifs is 1. The van der Waals surface area contributed by atoms with Crippen molar-refractivity contribution in [2.24, 2.45) is 0 Å². The van der Waals surface area contributed by atoms with Crippen molar-refractivity contribution in [1.29, 1.82) is 0 Å². The Morgan fingerprint density at radius 1 is 0.743 bits per heavy atom. The van der Waals surface area contributed by atoms with Crippen LogP contribution in [0, 0.1) is 0 Å². The summed E-state index contributed by atoms with van der Waals surface area (Å²) < 4.78 is 6.00. The van der Waals surface area contributed by atoms with Gasteiger partial charge in [0.1, 0.15) is 17.6 Å². The summed E-state index contributed by atoms with van der Waals surface area (Å²) in [6, 6.07) is 30.7. The molecule has 174 valence electrons. The van der Waals surface area contributed by atoms with Crippen LogP contribution in [0.15, 0.2) is 113 Å². The maximum absolute atomic E-state index is 13.4. The predicted molar refractivity (Wildman–Crippen MR) is 140 cm³/mol. The maximum atomic E-state index is 13.4. The van der Waals surface area contributed by atoms with Crippen molar-refractivity contribution in [3.63, 3.8) is 0 Å². The van der Waals surface area contributed by atoms with Crippen LogP contribution in [0.2, 0.25) is 5.02 Å². The molecule has 5 heteroatoms. The number of phenolic OH excluding ortho intramolecular Hbond substituents is 1. The van der Waals surface area contributed by atoms with Crippen molar-refractivity contribution in [3.8, 4) is 16.9 Å². The van der Waals surface area contributed by atoms with Gasteiger partial charge in [0.25, 0.3) is 0 Å². The van der Waals surface area contributed by atoms with Gasteiger partial charge in [0.2, 0.25) is 5.43 Å². The average molecular weight is 482 g/mol. The van der Waals surface area contributed by atoms with Gasteiger partial charge in [-0.15, -0.1) is 0 Å². The first-order chi connectivity index (χ1) is 17.1. The SMILES string of the molecule is O=c1c(-c2ccc(Cl)cc2)coc2c(CN(Cc3ccccc3)Cc3ccccc3)c(O)ccc12. The summed E-state index contributed by atoms with van der Waals surface area (Å²) in [6.07, 6.45) is 1.47. The molecule has 0 bridgehead atoms. The molecule has 5 rings (SSSR count). The van der Waals surface area contributed by atoms with E-state index < -0.39 is 0 Å². The molecule has 35 heavy (non-hydrogen) atoms. The Kier molecular flexibility index (Phi) is 6.66. The average Bonchev–Trinajstić information content (AvgIpc) is 2.88. The van der Waals surface area contributed by atoms with Crippen LogP contribution in [0.1, 0.15) is 16.7 Å². The van der Waals surface area contributed by atoms with Gasteiger partial charge in [-0.1, -0.05) is 84.4 Å². The van der Waals surface area contributed by atoms with E-state index in [9.17, 15) is 9.90 Å². The van der Waals surface area contributed by atoms with E-state index in [4.69, 9.17) is 16.0 Å². The van der Waals surface area contributed by atoms with Gasteiger partial charge in [0.15, 0.2) is 0 Å². The van der Waals surface area contributed by atoms with Crippen LogP contribution < -0.4 is 5.43 Å². The van der Waals surface area contributed by atoms with Gasteiger partial charge in [-0.3, -0.25) is 9.69 Å². The zero-order valence-corrected chi connectivity index (χ0v) is 19.8. The van der Waals surface area contributed by atoms with Crippen molar-refractivity contribution in [3.05, 3.63) is 135 Å². The molecule has 0 spiro atoms. The first-order valence-corrected chi connectivity index (χ1v) is 11.8. The maximum Gasteiger partial charge on any atom is 0.200 e. The summed E-state index contributed by atoms with van der Waals surface area (Å²) in [5, 5.41) is 11.8. The molecule has 0 aliphatic carbocycles. The van der Waals surface area contributed by atoms with Crippen molar-refractivity contribution >= 4 is 22.6 Å². The summed E-state index contributed by atoms with van der Waals surface area (Å²) in [5.74, 6) is 0.103. The zero-order valence-electron chi connectivity index (χ0n) is 19.0. The number of halogens is 1. The van der Waals surface area contributed by atoms with Crippen molar-refractivity contribution in [2.75, 3.05) is 0 Å². The number of benzene rings is 4. The monoisotopic (exact) mass is 481 g/mol. The Labute approximate surface area is 208 Å². The Morgan fingerprint density at radius 2 is 1.34 bits per heavy atom. The van der Waals surface area contributed by atoms with Crippen LogP contribution in [0.4, 0.5) is 0 Å². The highest BCUT2D eigenvalue weighted by molar-refractivity contribution is 6.30. The largest absolute Gasteiger partial charge is 0.507 e. The molecule has 0 unspecified atom stereocenters. The lowest BCUT2D eigenvalue weighted by Gasteiger charge is -2.23. The molecule has 0 aliphatic heterocycles. The number of phenols is 1. The lowest BCUT2D eigenvalue weighted by molar-refractivity contribution is 0.244. The molecule has 0 atom stereocenters. The Hall–Kier alpha value is -3.86. The van der Waals surface area contributed by atoms with Crippen LogP contribution in [0.25, 0.3) is 22.1 Å². The summed E-state index contributed by atoms with van der Waals surface area (Å²) >= 11 is 6.00. The van der Waals surface area contributed by atoms with E-state index in [2.05, 4.69) is 29.2 Å². The molecule has 0 fully saturated rings. The number of nitrogens with zero attached hydrogens (tertiary/aromatic N) is 1. The smallest absolute Gasteiger partial charge is 0.200 e. The van der Waals surface area contributed by atoms with E-state index in [1.807, 2.05) is 36.4 Å². The van der Waals surface area contributed by atoms with E-state index >= 15 is 0 Å². The van der Waals surface area contributed by atoms with Gasteiger partial charge < -0.3 is 9.52 Å². The molecule has 0 amide bonds. The van der Waals surface area contributed by atoms with Crippen LogP contribution in [0.3, 0.4) is 0 Å². The second-order valence-corrected chi connectivity index (χ2v) is 8.98. The molecule has 0 saturated carbocycles. The number of hydrogen-bond acceptors (Lipinski definition) is 4. The molecule has 1 aromatic heterocycles. The van der Waals surface area contributed by atoms with E-state index in [0.717, 1.165) is 16.7 Å². The number of hydrogen-bond donors (Lipinski definition) is 1. The molecule has 1 heterocycles. The van der Waals surface area contributed by atoms with Gasteiger partial charge in [-0.2, -0.15) is 0 Å². The fourth-order valence-electron chi connectivity index (χ4n) is 4.30. The molecule has 0 saturated heterocycles. The third kappa shape index (κ3) is 5.14. The topological polar surface area (TPSA) is 53.7 Å². The third-order valence-electron chi connectivity index (χ3n) is 6.05. The summed E-state index contributed by atoms with van der Waals surface area (Å²) in [6.45, 7) is 1.77. The third-order valence-corrected chi connectivity index (χ3v) is 6.31. The Balaban J connectivity index is 1.54. The fourth-order valence-corrected chi connectivity index (χ4v) is 4.43. The molecule has 0 radical (unpaired) electrons. The van der Waals surface area contributed by atoms with E-state index in [1.54, 1.807) is 36.4 Å². The number of rotatable bonds is 7. The minimum atomic E-state index is -0.146. The van der Waals surface area contributed by atoms with Crippen LogP contribution in [-0.2, 0) is 19.6 Å². The van der Waals surface area contributed by atoms with E-state index in [-0.39, 0.29) is 11.2 Å². The van der Waals surface area contributed by atoms with Gasteiger partial charge in [0.05, 0.1) is 16.5 Å². The molecule has 0 aliphatic rings. The molecular formula is C30H24ClNO3. The highest BCUT2D eigenvalue weighted by Crippen LogP contribution is 2.30. The van der Waals surface area contributed by atoms with Crippen molar-refractivity contribution < 1.29 is 9.52 Å². The van der Waals surface area contributed by atoms with Crippen LogP contribution in [-0.4, -0.2) is 10.0 Å². The van der Waals surface area contributed by atoms with Crippen molar-refractivity contribution in [2.45, 2.75) is 19.6 Å². The quantitative estimate of drug-likeness (QED) is 0.271. The number of aromatic hydroxyl groups is 1. The molecule has 1 N–H and O–H groups in total. The molecular weight excluding hydrogens is 458 g/mol. The molecule has 5 aromatic rings. The first kappa shape index (κ1) is 22.9. The van der Waals surface area contributed by atoms with Crippen molar-refractivity contribution in [1.82, 2.24) is 4.90 Å². The minimum absolute atomic E-state index is 0.103. The Morgan fingerprint density at radius 3 is 1.94 bits per heavy atom.